The van der Waals surface area contributed by atoms with Crippen LogP contribution in [0.3, 0.4) is 0 Å². The molecular weight excluding hydrogens is 358 g/mol. The van der Waals surface area contributed by atoms with E-state index in [1.165, 1.54) is 6.07 Å². The van der Waals surface area contributed by atoms with Crippen molar-refractivity contribution in [2.45, 2.75) is 6.42 Å². The molecule has 0 atom stereocenters. The molecule has 3 aromatic rings. The van der Waals surface area contributed by atoms with Crippen molar-refractivity contribution < 1.29 is 13.9 Å². The van der Waals surface area contributed by atoms with E-state index < -0.39 is 16.5 Å². The maximum atomic E-state index is 13.6. The van der Waals surface area contributed by atoms with Gasteiger partial charge in [0.1, 0.15) is 0 Å². The molecule has 4 rings (SSSR count). The standard InChI is InChI=1S/C19H12F2N2O2S/c20-14-5-4-10(9-15(14)21)8-13(17-18(24)23-19(25)26-17)11-2-1-3-16-12(11)6-7-22-16/h1-7,9,24H,8H2,(H,23,25). The molecule has 1 aliphatic heterocycles. The van der Waals surface area contributed by atoms with Gasteiger partial charge in [-0.15, -0.1) is 0 Å². The maximum absolute atomic E-state index is 13.6. The van der Waals surface area contributed by atoms with E-state index in [1.807, 2.05) is 24.3 Å². The fourth-order valence-electron chi connectivity index (χ4n) is 2.97. The second-order valence-corrected chi connectivity index (χ2v) is 6.76. The van der Waals surface area contributed by atoms with Crippen molar-refractivity contribution in [1.29, 1.82) is 0 Å². The Morgan fingerprint density at radius 3 is 2.77 bits per heavy atom. The van der Waals surface area contributed by atoms with E-state index >= 15 is 0 Å². The van der Waals surface area contributed by atoms with E-state index in [2.05, 4.69) is 9.98 Å². The first-order valence-corrected chi connectivity index (χ1v) is 8.57. The normalized spacial score (nSPS) is 13.5. The lowest BCUT2D eigenvalue weighted by atomic mass is 9.99. The molecule has 7 heteroatoms. The summed E-state index contributed by atoms with van der Waals surface area (Å²) in [7, 11) is 0. The molecule has 0 spiro atoms. The van der Waals surface area contributed by atoms with E-state index in [4.69, 9.17) is 0 Å². The SMILES string of the molecule is O=c1[nH]c(O)c(C(Cc2ccc(F)c(F)c2)=c2cccc3c2=CC=N3)s1. The number of nitrogens with one attached hydrogen (secondary N) is 1. The fourth-order valence-corrected chi connectivity index (χ4v) is 3.76. The number of benzene rings is 2. The number of aromatic nitrogens is 1. The van der Waals surface area contributed by atoms with Gasteiger partial charge < -0.3 is 5.11 Å². The Morgan fingerprint density at radius 2 is 2.04 bits per heavy atom. The Bertz CT molecular complexity index is 1230. The smallest absolute Gasteiger partial charge is 0.307 e. The van der Waals surface area contributed by atoms with Gasteiger partial charge in [0.2, 0.25) is 5.88 Å². The molecule has 0 aliphatic carbocycles. The summed E-state index contributed by atoms with van der Waals surface area (Å²) >= 11 is 0.869. The minimum absolute atomic E-state index is 0.211. The molecule has 0 saturated carbocycles. The summed E-state index contributed by atoms with van der Waals surface area (Å²) in [4.78, 5) is 18.3. The lowest BCUT2D eigenvalue weighted by Gasteiger charge is -2.08. The van der Waals surface area contributed by atoms with Gasteiger partial charge >= 0.3 is 4.87 Å². The first-order chi connectivity index (χ1) is 12.5. The van der Waals surface area contributed by atoms with Crippen molar-refractivity contribution in [1.82, 2.24) is 4.98 Å². The number of nitrogens with zero attached hydrogens (tertiary/aromatic N) is 1. The zero-order valence-electron chi connectivity index (χ0n) is 13.3. The monoisotopic (exact) mass is 370 g/mol. The largest absolute Gasteiger partial charge is 0.493 e. The third-order valence-electron chi connectivity index (χ3n) is 4.13. The molecule has 130 valence electrons. The Balaban J connectivity index is 1.99. The summed E-state index contributed by atoms with van der Waals surface area (Å²) in [6, 6.07) is 9.19. The number of aromatic hydroxyl groups is 1. The predicted molar refractivity (Wildman–Crippen MR) is 97.5 cm³/mol. The molecule has 1 aliphatic rings. The molecular formula is C19H12F2N2O2S. The summed E-state index contributed by atoms with van der Waals surface area (Å²) in [5, 5.41) is 11.8. The molecule has 0 unspecified atom stereocenters. The van der Waals surface area contributed by atoms with Crippen LogP contribution in [0.25, 0.3) is 11.6 Å². The highest BCUT2D eigenvalue weighted by Crippen LogP contribution is 2.27. The number of fused-ring (bicyclic) bond motifs is 1. The van der Waals surface area contributed by atoms with Crippen LogP contribution < -0.4 is 15.3 Å². The summed E-state index contributed by atoms with van der Waals surface area (Å²) in [5.74, 6) is -2.11. The van der Waals surface area contributed by atoms with Crippen molar-refractivity contribution in [3.05, 3.63) is 78.6 Å². The van der Waals surface area contributed by atoms with Gasteiger partial charge in [-0.05, 0) is 47.1 Å². The fraction of sp³-hybridized carbons (Fsp3) is 0.0526. The zero-order chi connectivity index (χ0) is 18.3. The van der Waals surface area contributed by atoms with Gasteiger partial charge in [0.15, 0.2) is 11.6 Å². The lowest BCUT2D eigenvalue weighted by molar-refractivity contribution is 0.454. The quantitative estimate of drug-likeness (QED) is 0.743. The van der Waals surface area contributed by atoms with Gasteiger partial charge in [-0.3, -0.25) is 14.8 Å². The summed E-state index contributed by atoms with van der Waals surface area (Å²) in [6.45, 7) is 0. The van der Waals surface area contributed by atoms with Crippen LogP contribution in [0.2, 0.25) is 0 Å². The third-order valence-corrected chi connectivity index (χ3v) is 5.06. The molecule has 0 radical (unpaired) electrons. The van der Waals surface area contributed by atoms with Gasteiger partial charge in [-0.2, -0.15) is 0 Å². The van der Waals surface area contributed by atoms with Crippen LogP contribution in [0.15, 0.2) is 46.2 Å². The van der Waals surface area contributed by atoms with Crippen LogP contribution in [0, 0.1) is 11.6 Å². The van der Waals surface area contributed by atoms with Crippen LogP contribution in [0.4, 0.5) is 14.5 Å². The van der Waals surface area contributed by atoms with Crippen molar-refractivity contribution in [3.63, 3.8) is 0 Å². The second-order valence-electron chi connectivity index (χ2n) is 5.78. The number of aliphatic imine (C=N–C) groups is 1. The Hall–Kier alpha value is -3.06. The van der Waals surface area contributed by atoms with E-state index in [9.17, 15) is 18.7 Å². The van der Waals surface area contributed by atoms with Crippen molar-refractivity contribution >= 4 is 34.9 Å². The summed E-state index contributed by atoms with van der Waals surface area (Å²) in [6.07, 6.45) is 3.72. The number of hydrogen-bond donors (Lipinski definition) is 2. The summed E-state index contributed by atoms with van der Waals surface area (Å²) in [5.41, 5.74) is 1.93. The number of thiazole rings is 1. The Labute approximate surface area is 150 Å². The van der Waals surface area contributed by atoms with Gasteiger partial charge in [0.25, 0.3) is 0 Å². The average molecular weight is 370 g/mol. The molecule has 4 nitrogen and oxygen atoms in total. The Morgan fingerprint density at radius 1 is 1.19 bits per heavy atom. The minimum Gasteiger partial charge on any atom is -0.493 e. The van der Waals surface area contributed by atoms with Crippen LogP contribution in [0.1, 0.15) is 10.4 Å². The van der Waals surface area contributed by atoms with Crippen LogP contribution in [-0.4, -0.2) is 16.3 Å². The Kier molecular flexibility index (Phi) is 4.00. The average Bonchev–Trinajstić information content (AvgIpc) is 3.21. The van der Waals surface area contributed by atoms with Gasteiger partial charge in [-0.1, -0.05) is 29.5 Å². The molecule has 2 aromatic carbocycles. The number of rotatable bonds is 3. The maximum Gasteiger partial charge on any atom is 0.307 e. The van der Waals surface area contributed by atoms with Crippen LogP contribution >= 0.6 is 11.3 Å². The molecule has 1 aromatic heterocycles. The van der Waals surface area contributed by atoms with Gasteiger partial charge in [0, 0.05) is 11.4 Å². The molecule has 0 amide bonds. The predicted octanol–water partition coefficient (Wildman–Crippen LogP) is 2.36. The topological polar surface area (TPSA) is 65.5 Å². The highest BCUT2D eigenvalue weighted by atomic mass is 32.1. The van der Waals surface area contributed by atoms with Crippen molar-refractivity contribution in [2.75, 3.05) is 0 Å². The minimum atomic E-state index is -0.943. The van der Waals surface area contributed by atoms with Crippen LogP contribution in [0.5, 0.6) is 5.88 Å². The highest BCUT2D eigenvalue weighted by Gasteiger charge is 2.16. The van der Waals surface area contributed by atoms with E-state index in [0.717, 1.165) is 39.6 Å². The number of H-pyrrole nitrogens is 1. The second kappa shape index (κ2) is 6.34. The third kappa shape index (κ3) is 2.86. The van der Waals surface area contributed by atoms with Crippen molar-refractivity contribution in [2.24, 2.45) is 4.99 Å². The van der Waals surface area contributed by atoms with E-state index in [-0.39, 0.29) is 12.3 Å². The highest BCUT2D eigenvalue weighted by molar-refractivity contribution is 7.10. The number of aromatic amines is 1. The van der Waals surface area contributed by atoms with Crippen LogP contribution in [-0.2, 0) is 6.42 Å². The van der Waals surface area contributed by atoms with Crippen molar-refractivity contribution in [3.8, 4) is 5.88 Å². The summed E-state index contributed by atoms with van der Waals surface area (Å²) < 4.78 is 26.9. The van der Waals surface area contributed by atoms with E-state index in [1.54, 1.807) is 6.21 Å². The molecule has 2 heterocycles. The molecule has 26 heavy (non-hydrogen) atoms. The van der Waals surface area contributed by atoms with Gasteiger partial charge in [-0.25, -0.2) is 8.78 Å². The molecule has 2 N–H and O–H groups in total. The zero-order valence-corrected chi connectivity index (χ0v) is 14.1. The molecule has 0 saturated heterocycles. The molecule has 0 bridgehead atoms. The lowest BCUT2D eigenvalue weighted by Crippen LogP contribution is -2.27. The van der Waals surface area contributed by atoms with Gasteiger partial charge in [0.05, 0.1) is 10.6 Å². The number of hydrogen-bond acceptors (Lipinski definition) is 4. The van der Waals surface area contributed by atoms with E-state index in [0.29, 0.717) is 16.0 Å². The first kappa shape index (κ1) is 16.4. The first-order valence-electron chi connectivity index (χ1n) is 7.76. The molecule has 0 fully saturated rings. The number of halogens is 2.